The van der Waals surface area contributed by atoms with Crippen LogP contribution in [0.15, 0.2) is 71.4 Å². The highest BCUT2D eigenvalue weighted by Crippen LogP contribution is 2.34. The molecule has 0 spiro atoms. The molecule has 0 bridgehead atoms. The van der Waals surface area contributed by atoms with E-state index in [1.165, 1.54) is 0 Å². The first kappa shape index (κ1) is 21.5. The molecule has 0 atom stereocenters. The van der Waals surface area contributed by atoms with Gasteiger partial charge in [0.25, 0.3) is 5.91 Å². The number of benzene rings is 2. The van der Waals surface area contributed by atoms with Crippen LogP contribution in [0.4, 0.5) is 14.5 Å². The number of fused-ring (bicyclic) bond motifs is 1. The van der Waals surface area contributed by atoms with Gasteiger partial charge in [-0.05, 0) is 48.9 Å². The van der Waals surface area contributed by atoms with E-state index in [4.69, 9.17) is 9.15 Å². The molecule has 0 saturated heterocycles. The Hall–Kier alpha value is -3.78. The average Bonchev–Trinajstić information content (AvgIpc) is 3.17. The van der Waals surface area contributed by atoms with Crippen LogP contribution in [0.3, 0.4) is 0 Å². The fourth-order valence-corrected chi connectivity index (χ4v) is 3.19. The van der Waals surface area contributed by atoms with Gasteiger partial charge in [0.2, 0.25) is 5.76 Å². The van der Waals surface area contributed by atoms with E-state index in [0.717, 1.165) is 17.7 Å². The second-order valence-corrected chi connectivity index (χ2v) is 7.07. The van der Waals surface area contributed by atoms with Crippen molar-refractivity contribution < 1.29 is 22.7 Å². The largest absolute Gasteiger partial charge is 0.489 e. The number of para-hydroxylation sites is 1. The summed E-state index contributed by atoms with van der Waals surface area (Å²) in [4.78, 5) is 16.8. The molecule has 0 aliphatic rings. The maximum Gasteiger partial charge on any atom is 0.295 e. The second-order valence-electron chi connectivity index (χ2n) is 7.07. The van der Waals surface area contributed by atoms with Gasteiger partial charge in [-0.3, -0.25) is 9.78 Å². The molecule has 0 fully saturated rings. The SMILES string of the molecule is O=C(Nc1ccc(F)cc1F)c1oc2ccccc2c1OCCCNCc1cccnc1. The Morgan fingerprint density at radius 2 is 1.97 bits per heavy atom. The molecule has 0 aliphatic carbocycles. The van der Waals surface area contributed by atoms with Crippen molar-refractivity contribution >= 4 is 22.6 Å². The van der Waals surface area contributed by atoms with Crippen molar-refractivity contribution in [1.82, 2.24) is 10.3 Å². The van der Waals surface area contributed by atoms with Crippen LogP contribution < -0.4 is 15.4 Å². The van der Waals surface area contributed by atoms with Crippen molar-refractivity contribution in [2.24, 2.45) is 0 Å². The van der Waals surface area contributed by atoms with Crippen molar-refractivity contribution in [1.29, 1.82) is 0 Å². The maximum atomic E-state index is 13.9. The molecule has 2 aromatic carbocycles. The predicted octanol–water partition coefficient (Wildman–Crippen LogP) is 4.92. The third-order valence-corrected chi connectivity index (χ3v) is 4.73. The lowest BCUT2D eigenvalue weighted by atomic mass is 10.2. The number of aromatic nitrogens is 1. The van der Waals surface area contributed by atoms with E-state index in [-0.39, 0.29) is 17.2 Å². The summed E-state index contributed by atoms with van der Waals surface area (Å²) in [6, 6.07) is 13.9. The average molecular weight is 437 g/mol. The third kappa shape index (κ3) is 5.09. The number of ether oxygens (including phenoxy) is 1. The molecule has 4 aromatic rings. The van der Waals surface area contributed by atoms with Crippen LogP contribution in [0.5, 0.6) is 5.75 Å². The Morgan fingerprint density at radius 1 is 1.09 bits per heavy atom. The maximum absolute atomic E-state index is 13.9. The zero-order chi connectivity index (χ0) is 22.3. The van der Waals surface area contributed by atoms with Gasteiger partial charge in [0, 0.05) is 25.0 Å². The molecule has 2 heterocycles. The normalized spacial score (nSPS) is 10.9. The quantitative estimate of drug-likeness (QED) is 0.364. The Balaban J connectivity index is 1.41. The van der Waals surface area contributed by atoms with Gasteiger partial charge >= 0.3 is 0 Å². The van der Waals surface area contributed by atoms with Crippen molar-refractivity contribution in [3.63, 3.8) is 0 Å². The minimum atomic E-state index is -0.878. The van der Waals surface area contributed by atoms with E-state index < -0.39 is 17.5 Å². The molecular formula is C24H21F2N3O3. The van der Waals surface area contributed by atoms with Crippen LogP contribution >= 0.6 is 0 Å². The Labute approximate surface area is 183 Å². The monoisotopic (exact) mass is 437 g/mol. The second kappa shape index (κ2) is 10.0. The molecule has 6 nitrogen and oxygen atoms in total. The summed E-state index contributed by atoms with van der Waals surface area (Å²) in [5, 5.41) is 6.36. The predicted molar refractivity (Wildman–Crippen MR) is 117 cm³/mol. The van der Waals surface area contributed by atoms with Crippen LogP contribution in [-0.4, -0.2) is 24.0 Å². The lowest BCUT2D eigenvalue weighted by Crippen LogP contribution is -2.18. The summed E-state index contributed by atoms with van der Waals surface area (Å²) >= 11 is 0. The highest BCUT2D eigenvalue weighted by molar-refractivity contribution is 6.08. The number of amides is 1. The van der Waals surface area contributed by atoms with Gasteiger partial charge in [-0.2, -0.15) is 0 Å². The van der Waals surface area contributed by atoms with Gasteiger partial charge in [-0.25, -0.2) is 8.78 Å². The zero-order valence-electron chi connectivity index (χ0n) is 17.1. The Bertz CT molecular complexity index is 1210. The number of hydrogen-bond acceptors (Lipinski definition) is 5. The summed E-state index contributed by atoms with van der Waals surface area (Å²) in [5.41, 5.74) is 1.41. The van der Waals surface area contributed by atoms with E-state index in [1.54, 1.807) is 30.6 Å². The molecule has 8 heteroatoms. The van der Waals surface area contributed by atoms with Crippen LogP contribution in [0.2, 0.25) is 0 Å². The van der Waals surface area contributed by atoms with Crippen LogP contribution in [-0.2, 0) is 6.54 Å². The summed E-state index contributed by atoms with van der Waals surface area (Å²) < 4.78 is 38.7. The molecule has 0 saturated carbocycles. The fourth-order valence-electron chi connectivity index (χ4n) is 3.19. The minimum absolute atomic E-state index is 0.0711. The van der Waals surface area contributed by atoms with Gasteiger partial charge < -0.3 is 19.8 Å². The number of carbonyl (C=O) groups excluding carboxylic acids is 1. The number of carbonyl (C=O) groups is 1. The highest BCUT2D eigenvalue weighted by Gasteiger charge is 2.23. The van der Waals surface area contributed by atoms with Crippen molar-refractivity contribution in [3.05, 3.63) is 89.9 Å². The standard InChI is InChI=1S/C24H21F2N3O3/c25-17-8-9-20(19(26)13-17)29-24(30)23-22(18-6-1-2-7-21(18)32-23)31-12-4-11-28-15-16-5-3-10-27-14-16/h1-3,5-10,13-14,28H,4,11-12,15H2,(H,29,30). The topological polar surface area (TPSA) is 76.4 Å². The lowest BCUT2D eigenvalue weighted by molar-refractivity contribution is 0.0992. The summed E-state index contributed by atoms with van der Waals surface area (Å²) in [7, 11) is 0. The number of halogens is 2. The van der Waals surface area contributed by atoms with E-state index in [2.05, 4.69) is 15.6 Å². The van der Waals surface area contributed by atoms with Crippen molar-refractivity contribution in [2.75, 3.05) is 18.5 Å². The van der Waals surface area contributed by atoms with Gasteiger partial charge in [-0.1, -0.05) is 18.2 Å². The number of furan rings is 1. The number of rotatable bonds is 9. The van der Waals surface area contributed by atoms with Crippen molar-refractivity contribution in [3.8, 4) is 5.75 Å². The summed E-state index contributed by atoms with van der Waals surface area (Å²) in [6.07, 6.45) is 4.22. The van der Waals surface area contributed by atoms with Gasteiger partial charge in [0.1, 0.15) is 17.2 Å². The smallest absolute Gasteiger partial charge is 0.295 e. The Morgan fingerprint density at radius 3 is 2.78 bits per heavy atom. The number of pyridine rings is 1. The summed E-state index contributed by atoms with van der Waals surface area (Å²) in [6.45, 7) is 1.74. The van der Waals surface area contributed by atoms with Gasteiger partial charge in [-0.15, -0.1) is 0 Å². The molecule has 164 valence electrons. The molecule has 0 unspecified atom stereocenters. The van der Waals surface area contributed by atoms with E-state index in [0.29, 0.717) is 43.2 Å². The molecule has 2 aromatic heterocycles. The number of hydrogen-bond donors (Lipinski definition) is 2. The van der Waals surface area contributed by atoms with Gasteiger partial charge in [0.05, 0.1) is 17.7 Å². The van der Waals surface area contributed by atoms with Gasteiger partial charge in [0.15, 0.2) is 5.75 Å². The van der Waals surface area contributed by atoms with E-state index in [1.807, 2.05) is 18.2 Å². The molecule has 1 amide bonds. The number of anilines is 1. The summed E-state index contributed by atoms with van der Waals surface area (Å²) in [5.74, 6) is -2.08. The third-order valence-electron chi connectivity index (χ3n) is 4.73. The molecule has 2 N–H and O–H groups in total. The van der Waals surface area contributed by atoms with E-state index >= 15 is 0 Å². The number of nitrogens with one attached hydrogen (secondary N) is 2. The molecular weight excluding hydrogens is 416 g/mol. The first-order valence-electron chi connectivity index (χ1n) is 10.1. The number of nitrogens with zero attached hydrogens (tertiary/aromatic N) is 1. The van der Waals surface area contributed by atoms with E-state index in [9.17, 15) is 13.6 Å². The van der Waals surface area contributed by atoms with Crippen molar-refractivity contribution in [2.45, 2.75) is 13.0 Å². The minimum Gasteiger partial charge on any atom is -0.489 e. The van der Waals surface area contributed by atoms with Crippen LogP contribution in [0.25, 0.3) is 11.0 Å². The highest BCUT2D eigenvalue weighted by atomic mass is 19.1. The lowest BCUT2D eigenvalue weighted by Gasteiger charge is -2.09. The first-order valence-corrected chi connectivity index (χ1v) is 10.1. The fraction of sp³-hybridized carbons (Fsp3) is 0.167. The Kier molecular flexibility index (Phi) is 6.72. The van der Waals surface area contributed by atoms with Crippen LogP contribution in [0, 0.1) is 11.6 Å². The zero-order valence-corrected chi connectivity index (χ0v) is 17.1. The molecule has 4 rings (SSSR count). The first-order chi connectivity index (χ1) is 15.6. The van der Waals surface area contributed by atoms with Crippen LogP contribution in [0.1, 0.15) is 22.5 Å². The molecule has 32 heavy (non-hydrogen) atoms. The molecule has 0 radical (unpaired) electrons. The molecule has 0 aliphatic heterocycles.